The molecule has 0 aromatic rings. The smallest absolute Gasteiger partial charge is 0.0639 e. The summed E-state index contributed by atoms with van der Waals surface area (Å²) in [5.41, 5.74) is 0. The summed E-state index contributed by atoms with van der Waals surface area (Å²) < 4.78 is 5.46. The van der Waals surface area contributed by atoms with Gasteiger partial charge in [0, 0.05) is 15.5 Å². The Bertz CT molecular complexity index is 121. The molecule has 0 rings (SSSR count). The van der Waals surface area contributed by atoms with Crippen LogP contribution in [0.2, 0.25) is 0 Å². The van der Waals surface area contributed by atoms with Crippen LogP contribution in [-0.2, 0) is 25.1 Å². The van der Waals surface area contributed by atoms with Gasteiger partial charge in [-0.05, 0) is 23.0 Å². The van der Waals surface area contributed by atoms with Crippen LogP contribution >= 0.6 is 0 Å². The van der Waals surface area contributed by atoms with Crippen LogP contribution < -0.4 is 0 Å². The van der Waals surface area contributed by atoms with Crippen LogP contribution in [0, 0.1) is 11.8 Å². The zero-order valence-electron chi connectivity index (χ0n) is 7.79. The lowest BCUT2D eigenvalue weighted by Crippen LogP contribution is -2.10. The van der Waals surface area contributed by atoms with E-state index < -0.39 is 0 Å². The normalized spacial score (nSPS) is 14.4. The Balaban J connectivity index is 3.38. The summed E-state index contributed by atoms with van der Waals surface area (Å²) in [5.74, 6) is 2.27. The number of hydrogen-bond acceptors (Lipinski definition) is 2. The lowest BCUT2D eigenvalue weighted by molar-refractivity contribution is 0.310. The third kappa shape index (κ3) is 8.44. The second kappa shape index (κ2) is 6.09. The van der Waals surface area contributed by atoms with Gasteiger partial charge in [0.1, 0.15) is 0 Å². The highest BCUT2D eigenvalue weighted by molar-refractivity contribution is 8.26. The van der Waals surface area contributed by atoms with E-state index in [1.807, 2.05) is 0 Å². The van der Waals surface area contributed by atoms with E-state index in [1.165, 1.54) is 0 Å². The van der Waals surface area contributed by atoms with Crippen LogP contribution in [0.3, 0.4) is 0 Å². The first-order valence-electron chi connectivity index (χ1n) is 4.04. The molecule has 0 aromatic carbocycles. The van der Waals surface area contributed by atoms with Gasteiger partial charge < -0.3 is 4.18 Å². The second-order valence-corrected chi connectivity index (χ2v) is 5.83. The molecule has 0 aliphatic heterocycles. The minimum atomic E-state index is -0.237. The molecule has 0 amide bonds. The predicted octanol–water partition coefficient (Wildman–Crippen LogP) is 2.31. The van der Waals surface area contributed by atoms with Gasteiger partial charge in [-0.3, -0.25) is 0 Å². The first kappa shape index (κ1) is 11.5. The molecule has 3 heteroatoms. The van der Waals surface area contributed by atoms with Gasteiger partial charge in [-0.2, -0.15) is 0 Å². The van der Waals surface area contributed by atoms with E-state index in [0.717, 1.165) is 12.4 Å². The Kier molecular flexibility index (Phi) is 6.38. The fourth-order valence-corrected chi connectivity index (χ4v) is 2.58. The van der Waals surface area contributed by atoms with E-state index in [2.05, 4.69) is 27.7 Å². The highest BCUT2D eigenvalue weighted by atomic mass is 32.8. The van der Waals surface area contributed by atoms with E-state index in [0.29, 0.717) is 11.8 Å². The van der Waals surface area contributed by atoms with E-state index in [-0.39, 0.29) is 9.74 Å². The van der Waals surface area contributed by atoms with Crippen LogP contribution in [0.15, 0.2) is 0 Å². The van der Waals surface area contributed by atoms with Gasteiger partial charge in [0.15, 0.2) is 0 Å². The molecule has 0 N–H and O–H groups in total. The molecule has 1 unspecified atom stereocenters. The molecular weight excluding hydrogens is 176 g/mol. The molecule has 0 saturated carbocycles. The van der Waals surface area contributed by atoms with Crippen molar-refractivity contribution in [3.8, 4) is 0 Å². The minimum absolute atomic E-state index is 0.237. The van der Waals surface area contributed by atoms with Crippen LogP contribution in [-0.4, -0.2) is 12.4 Å². The Morgan fingerprint density at radius 2 is 1.73 bits per heavy atom. The molecule has 0 spiro atoms. The fourth-order valence-electron chi connectivity index (χ4n) is 0.532. The standard InChI is InChI=1S/C8H18OS2/c1-7(2)5-9-11(10)6-8(3)4/h7-8H,5-6H2,1-4H3. The van der Waals surface area contributed by atoms with E-state index >= 15 is 0 Å². The molecule has 0 saturated heterocycles. The zero-order valence-corrected chi connectivity index (χ0v) is 9.43. The monoisotopic (exact) mass is 194 g/mol. The third-order valence-electron chi connectivity index (χ3n) is 1.00. The Labute approximate surface area is 77.3 Å². The van der Waals surface area contributed by atoms with Crippen LogP contribution in [0.5, 0.6) is 0 Å². The maximum absolute atomic E-state index is 5.46. The molecule has 1 nitrogen and oxygen atoms in total. The van der Waals surface area contributed by atoms with Crippen molar-refractivity contribution in [3.05, 3.63) is 0 Å². The van der Waals surface area contributed by atoms with Crippen molar-refractivity contribution in [3.63, 3.8) is 0 Å². The summed E-state index contributed by atoms with van der Waals surface area (Å²) in [6, 6.07) is 0. The fraction of sp³-hybridized carbons (Fsp3) is 1.00. The summed E-state index contributed by atoms with van der Waals surface area (Å²) in [7, 11) is -0.237. The maximum atomic E-state index is 5.46. The topological polar surface area (TPSA) is 9.23 Å². The summed E-state index contributed by atoms with van der Waals surface area (Å²) in [5, 5.41) is 0. The molecule has 0 bridgehead atoms. The maximum Gasteiger partial charge on any atom is 0.0639 e. The highest BCUT2D eigenvalue weighted by Crippen LogP contribution is 2.01. The Morgan fingerprint density at radius 1 is 1.18 bits per heavy atom. The van der Waals surface area contributed by atoms with Crippen LogP contribution in [0.25, 0.3) is 0 Å². The molecule has 0 radical (unpaired) electrons. The number of hydrogen-bond donors (Lipinski definition) is 0. The first-order chi connectivity index (χ1) is 5.02. The van der Waals surface area contributed by atoms with Crippen molar-refractivity contribution in [2.45, 2.75) is 27.7 Å². The average molecular weight is 194 g/mol. The van der Waals surface area contributed by atoms with E-state index in [1.54, 1.807) is 0 Å². The molecule has 11 heavy (non-hydrogen) atoms. The van der Waals surface area contributed by atoms with Gasteiger partial charge in [0.2, 0.25) is 0 Å². The van der Waals surface area contributed by atoms with Gasteiger partial charge in [0.05, 0.1) is 6.61 Å². The highest BCUT2D eigenvalue weighted by Gasteiger charge is 2.00. The quantitative estimate of drug-likeness (QED) is 0.664. The van der Waals surface area contributed by atoms with Crippen LogP contribution in [0.1, 0.15) is 27.7 Å². The number of rotatable bonds is 5. The Morgan fingerprint density at radius 3 is 2.09 bits per heavy atom. The summed E-state index contributed by atoms with van der Waals surface area (Å²) in [6.07, 6.45) is 0. The van der Waals surface area contributed by atoms with Crippen molar-refractivity contribution in [1.82, 2.24) is 0 Å². The lowest BCUT2D eigenvalue weighted by atomic mass is 10.2. The largest absolute Gasteiger partial charge is 0.312 e. The van der Waals surface area contributed by atoms with Gasteiger partial charge in [0.25, 0.3) is 0 Å². The van der Waals surface area contributed by atoms with Crippen molar-refractivity contribution in [2.75, 3.05) is 12.4 Å². The van der Waals surface area contributed by atoms with Gasteiger partial charge >= 0.3 is 0 Å². The van der Waals surface area contributed by atoms with Gasteiger partial charge in [-0.25, -0.2) is 0 Å². The molecular formula is C8H18OS2. The van der Waals surface area contributed by atoms with Crippen molar-refractivity contribution in [2.24, 2.45) is 11.8 Å². The second-order valence-electron chi connectivity index (χ2n) is 3.54. The van der Waals surface area contributed by atoms with Gasteiger partial charge in [-0.1, -0.05) is 27.7 Å². The van der Waals surface area contributed by atoms with Crippen molar-refractivity contribution < 1.29 is 4.18 Å². The third-order valence-corrected chi connectivity index (χ3v) is 3.04. The Hall–Kier alpha value is 0.530. The van der Waals surface area contributed by atoms with Crippen molar-refractivity contribution >= 4 is 20.9 Å². The molecule has 1 atom stereocenters. The summed E-state index contributed by atoms with van der Waals surface area (Å²) >= 11 is 5.14. The van der Waals surface area contributed by atoms with E-state index in [9.17, 15) is 0 Å². The molecule has 0 aliphatic carbocycles. The molecule has 0 fully saturated rings. The predicted molar refractivity (Wildman–Crippen MR) is 55.2 cm³/mol. The zero-order chi connectivity index (χ0) is 8.85. The molecule has 68 valence electrons. The first-order valence-corrected chi connectivity index (χ1v) is 6.28. The molecule has 0 heterocycles. The average Bonchev–Trinajstić information content (AvgIpc) is 1.82. The van der Waals surface area contributed by atoms with Gasteiger partial charge in [-0.15, -0.1) is 0 Å². The van der Waals surface area contributed by atoms with E-state index in [4.69, 9.17) is 15.4 Å². The summed E-state index contributed by atoms with van der Waals surface area (Å²) in [4.78, 5) is 0. The molecule has 0 aromatic heterocycles. The SMILES string of the molecule is CC(C)COS(=S)CC(C)C. The lowest BCUT2D eigenvalue weighted by Gasteiger charge is -2.09. The molecule has 0 aliphatic rings. The van der Waals surface area contributed by atoms with Crippen LogP contribution in [0.4, 0.5) is 0 Å². The minimum Gasteiger partial charge on any atom is -0.312 e. The van der Waals surface area contributed by atoms with Crippen molar-refractivity contribution in [1.29, 1.82) is 0 Å². The summed E-state index contributed by atoms with van der Waals surface area (Å²) in [6.45, 7) is 9.43.